The van der Waals surface area contributed by atoms with Crippen LogP contribution in [0.4, 0.5) is 0 Å². The van der Waals surface area contributed by atoms with Crippen LogP contribution in [0.25, 0.3) is 16.8 Å². The lowest BCUT2D eigenvalue weighted by Gasteiger charge is -2.21. The minimum atomic E-state index is 0.688. The van der Waals surface area contributed by atoms with Crippen LogP contribution in [0.3, 0.4) is 0 Å². The average Bonchev–Trinajstić information content (AvgIpc) is 3.14. The van der Waals surface area contributed by atoms with Gasteiger partial charge in [-0.25, -0.2) is 4.99 Å². The van der Waals surface area contributed by atoms with E-state index in [1.54, 1.807) is 6.08 Å². The van der Waals surface area contributed by atoms with Gasteiger partial charge in [0.2, 0.25) is 0 Å². The van der Waals surface area contributed by atoms with Crippen molar-refractivity contribution in [2.45, 2.75) is 39.0 Å². The van der Waals surface area contributed by atoms with Crippen molar-refractivity contribution in [3.63, 3.8) is 0 Å². The molecule has 5 rings (SSSR count). The van der Waals surface area contributed by atoms with E-state index in [4.69, 9.17) is 9.98 Å². The normalized spacial score (nSPS) is 18.9. The van der Waals surface area contributed by atoms with Crippen LogP contribution in [0, 0.1) is 0 Å². The molecule has 2 aliphatic carbocycles. The Labute approximate surface area is 286 Å². The first kappa shape index (κ1) is 33.7. The van der Waals surface area contributed by atoms with Gasteiger partial charge in [0.25, 0.3) is 0 Å². The van der Waals surface area contributed by atoms with Crippen LogP contribution in [0.2, 0.25) is 0 Å². The molecule has 2 heterocycles. The number of hydrogen-bond donors (Lipinski definition) is 0. The summed E-state index contributed by atoms with van der Waals surface area (Å²) in [7, 11) is 0. The van der Waals surface area contributed by atoms with Gasteiger partial charge < -0.3 is 0 Å². The SMILES string of the molecule is C=C/C=C\C/C=C\C(=C/C)N=C(/C(=C1\C=CC=CC1)c1ccccc1Cc1cccc(-c2ccncc2)n1)/C1=C/C/C=C\C=C/CC=C1. The predicted molar refractivity (Wildman–Crippen MR) is 206 cm³/mol. The second-order valence-corrected chi connectivity index (χ2v) is 11.3. The Bertz CT molecular complexity index is 1900. The molecule has 1 aromatic carbocycles. The second kappa shape index (κ2) is 18.5. The molecule has 3 nitrogen and oxygen atoms in total. The van der Waals surface area contributed by atoms with Gasteiger partial charge in [0.15, 0.2) is 0 Å². The van der Waals surface area contributed by atoms with Crippen molar-refractivity contribution in [3.8, 4) is 11.3 Å². The Morgan fingerprint density at radius 3 is 2.50 bits per heavy atom. The maximum atomic E-state index is 5.46. The summed E-state index contributed by atoms with van der Waals surface area (Å²) in [6.45, 7) is 5.84. The van der Waals surface area contributed by atoms with E-state index in [9.17, 15) is 0 Å². The first-order valence-electron chi connectivity index (χ1n) is 16.7. The van der Waals surface area contributed by atoms with Crippen LogP contribution in [-0.4, -0.2) is 15.7 Å². The highest BCUT2D eigenvalue weighted by Crippen LogP contribution is 2.33. The number of aliphatic imine (C=N–C) groups is 1. The number of rotatable bonds is 11. The zero-order valence-electron chi connectivity index (χ0n) is 27.8. The summed E-state index contributed by atoms with van der Waals surface area (Å²) in [6.07, 6.45) is 43.9. The minimum Gasteiger partial charge on any atom is -0.265 e. The topological polar surface area (TPSA) is 38.1 Å². The van der Waals surface area contributed by atoms with Gasteiger partial charge in [-0.1, -0.05) is 134 Å². The quantitative estimate of drug-likeness (QED) is 0.157. The molecule has 0 amide bonds. The van der Waals surface area contributed by atoms with Crippen LogP contribution in [-0.2, 0) is 6.42 Å². The fourth-order valence-corrected chi connectivity index (χ4v) is 5.59. The highest BCUT2D eigenvalue weighted by Gasteiger charge is 2.21. The molecule has 3 aromatic rings. The van der Waals surface area contributed by atoms with Gasteiger partial charge in [0.1, 0.15) is 0 Å². The van der Waals surface area contributed by atoms with Gasteiger partial charge in [0, 0.05) is 35.6 Å². The van der Waals surface area contributed by atoms with E-state index in [2.05, 4.69) is 152 Å². The number of nitrogens with zero attached hydrogens (tertiary/aromatic N) is 3. The van der Waals surface area contributed by atoms with E-state index in [1.807, 2.05) is 30.6 Å². The fraction of sp³-hybridized carbons (Fsp3) is 0.133. The molecule has 0 radical (unpaired) electrons. The first-order chi connectivity index (χ1) is 23.8. The molecular weight excluding hydrogens is 583 g/mol. The van der Waals surface area contributed by atoms with E-state index in [-0.39, 0.29) is 0 Å². The largest absolute Gasteiger partial charge is 0.265 e. The third-order valence-corrected chi connectivity index (χ3v) is 7.95. The van der Waals surface area contributed by atoms with E-state index in [1.165, 1.54) is 11.1 Å². The highest BCUT2D eigenvalue weighted by molar-refractivity contribution is 6.34. The lowest BCUT2D eigenvalue weighted by atomic mass is 9.85. The Hall–Kier alpha value is -5.67. The molecular formula is C45H43N3. The maximum Gasteiger partial charge on any atom is 0.0787 e. The second-order valence-electron chi connectivity index (χ2n) is 11.3. The number of allylic oxidation sites excluding steroid dienone is 20. The summed E-state index contributed by atoms with van der Waals surface area (Å²) < 4.78 is 0. The van der Waals surface area contributed by atoms with E-state index in [0.29, 0.717) is 6.42 Å². The molecule has 48 heavy (non-hydrogen) atoms. The maximum absolute atomic E-state index is 5.46. The summed E-state index contributed by atoms with van der Waals surface area (Å²) in [5.41, 5.74) is 10.7. The van der Waals surface area contributed by atoms with Gasteiger partial charge >= 0.3 is 0 Å². The van der Waals surface area contributed by atoms with Crippen LogP contribution >= 0.6 is 0 Å². The summed E-state index contributed by atoms with van der Waals surface area (Å²) in [4.78, 5) is 14.7. The lowest BCUT2D eigenvalue weighted by molar-refractivity contribution is 1.07. The molecule has 2 aromatic heterocycles. The number of hydrogen-bond acceptors (Lipinski definition) is 3. The number of aromatic nitrogens is 2. The van der Waals surface area contributed by atoms with E-state index in [0.717, 1.165) is 70.8 Å². The molecule has 0 fully saturated rings. The van der Waals surface area contributed by atoms with Crippen LogP contribution in [0.1, 0.15) is 49.4 Å². The molecule has 0 spiro atoms. The first-order valence-corrected chi connectivity index (χ1v) is 16.7. The summed E-state index contributed by atoms with van der Waals surface area (Å²) in [5.74, 6) is 0. The van der Waals surface area contributed by atoms with Gasteiger partial charge in [-0.2, -0.15) is 0 Å². The third kappa shape index (κ3) is 9.67. The Kier molecular flexibility index (Phi) is 13.0. The fourth-order valence-electron chi connectivity index (χ4n) is 5.59. The Balaban J connectivity index is 1.66. The molecule has 2 aliphatic rings. The van der Waals surface area contributed by atoms with Crippen molar-refractivity contribution in [3.05, 3.63) is 211 Å². The van der Waals surface area contributed by atoms with Crippen molar-refractivity contribution in [2.75, 3.05) is 0 Å². The lowest BCUT2D eigenvalue weighted by Crippen LogP contribution is -2.11. The molecule has 0 unspecified atom stereocenters. The van der Waals surface area contributed by atoms with Crippen LogP contribution < -0.4 is 0 Å². The summed E-state index contributed by atoms with van der Waals surface area (Å²) in [6, 6.07) is 19.0. The predicted octanol–water partition coefficient (Wildman–Crippen LogP) is 11.4. The smallest absolute Gasteiger partial charge is 0.0787 e. The molecule has 0 N–H and O–H groups in total. The summed E-state index contributed by atoms with van der Waals surface area (Å²) >= 11 is 0. The molecule has 0 atom stereocenters. The van der Waals surface area contributed by atoms with Gasteiger partial charge in [-0.05, 0) is 85.2 Å². The van der Waals surface area contributed by atoms with Crippen LogP contribution in [0.5, 0.6) is 0 Å². The molecule has 0 bridgehead atoms. The zero-order chi connectivity index (χ0) is 33.2. The van der Waals surface area contributed by atoms with Gasteiger partial charge in [-0.15, -0.1) is 0 Å². The van der Waals surface area contributed by atoms with Gasteiger partial charge in [0.05, 0.1) is 17.1 Å². The van der Waals surface area contributed by atoms with Crippen molar-refractivity contribution in [2.24, 2.45) is 4.99 Å². The van der Waals surface area contributed by atoms with Crippen molar-refractivity contribution >= 4 is 11.3 Å². The van der Waals surface area contributed by atoms with Crippen LogP contribution in [0.15, 0.2) is 199 Å². The third-order valence-electron chi connectivity index (χ3n) is 7.95. The average molecular weight is 626 g/mol. The molecule has 3 heteroatoms. The van der Waals surface area contributed by atoms with Gasteiger partial charge in [-0.3, -0.25) is 9.97 Å². The van der Waals surface area contributed by atoms with E-state index >= 15 is 0 Å². The highest BCUT2D eigenvalue weighted by atomic mass is 14.8. The van der Waals surface area contributed by atoms with Crippen molar-refractivity contribution in [1.29, 1.82) is 0 Å². The summed E-state index contributed by atoms with van der Waals surface area (Å²) in [5, 5.41) is 0. The van der Waals surface area contributed by atoms with E-state index < -0.39 is 0 Å². The molecule has 0 saturated heterocycles. The molecule has 0 aliphatic heterocycles. The Morgan fingerprint density at radius 2 is 1.69 bits per heavy atom. The van der Waals surface area contributed by atoms with Crippen molar-refractivity contribution in [1.82, 2.24) is 9.97 Å². The van der Waals surface area contributed by atoms with Crippen molar-refractivity contribution < 1.29 is 0 Å². The Morgan fingerprint density at radius 1 is 0.854 bits per heavy atom. The number of pyridine rings is 2. The minimum absolute atomic E-state index is 0.688. The monoisotopic (exact) mass is 625 g/mol. The zero-order valence-corrected chi connectivity index (χ0v) is 27.8. The molecule has 238 valence electrons. The standard InChI is InChI=1S/C45H43N3/c1-3-5-6-10-18-27-40(4-2)48-45(38-24-14-11-8-7-9-12-15-25-38)44(37-22-16-13-17-23-37)42-29-20-19-26-39(42)35-41-28-21-30-43(47-41)36-31-33-46-34-32-36/h3-9,11,13,15-22,24-34H,1,10,12,14,23,35H2,2H3/b6-5-,9-7-,11-8-,25-15?,27-18-,38-24+,40-4+,44-37+,48-45?. The molecule has 0 saturated carbocycles. The number of benzene rings is 1.